The average Bonchev–Trinajstić information content (AvgIpc) is 3.57. The first-order chi connectivity index (χ1) is 17.2. The van der Waals surface area contributed by atoms with E-state index in [0.717, 1.165) is 33.2 Å². The van der Waals surface area contributed by atoms with Crippen LogP contribution >= 0.6 is 0 Å². The first-order valence-corrected chi connectivity index (χ1v) is 11.5. The standard InChI is InChI=1S/C29H22N4O2/c34-28-26(22-17-30-24-14-6-4-12-20(22)24)27(23-18-31-25-15-7-5-13-21(23)25)29(35)33(28)32-16-8-11-19-9-2-1-3-10-19/h1-7,9-10,12-18,30-31H,8,11H2/b32-16+. The first-order valence-electron chi connectivity index (χ1n) is 11.5. The first kappa shape index (κ1) is 20.9. The number of amides is 2. The summed E-state index contributed by atoms with van der Waals surface area (Å²) in [5.41, 5.74) is 5.09. The highest BCUT2D eigenvalue weighted by molar-refractivity contribution is 6.50. The van der Waals surface area contributed by atoms with Crippen LogP contribution in [0.2, 0.25) is 0 Å². The molecule has 3 aromatic carbocycles. The molecule has 0 atom stereocenters. The van der Waals surface area contributed by atoms with E-state index >= 15 is 0 Å². The predicted molar refractivity (Wildman–Crippen MR) is 139 cm³/mol. The number of fused-ring (bicyclic) bond motifs is 2. The van der Waals surface area contributed by atoms with E-state index in [1.54, 1.807) is 18.6 Å². The Morgan fingerprint density at radius 2 is 1.20 bits per heavy atom. The highest BCUT2D eigenvalue weighted by Gasteiger charge is 2.41. The van der Waals surface area contributed by atoms with Crippen molar-refractivity contribution in [3.63, 3.8) is 0 Å². The summed E-state index contributed by atoms with van der Waals surface area (Å²) < 4.78 is 0. The van der Waals surface area contributed by atoms with Gasteiger partial charge in [0.2, 0.25) is 0 Å². The molecule has 2 aromatic heterocycles. The van der Waals surface area contributed by atoms with Gasteiger partial charge in [-0.3, -0.25) is 9.59 Å². The Bertz CT molecular complexity index is 1540. The molecule has 6 heteroatoms. The number of nitrogens with one attached hydrogen (secondary N) is 2. The lowest BCUT2D eigenvalue weighted by Crippen LogP contribution is -2.26. The lowest BCUT2D eigenvalue weighted by Gasteiger charge is -2.08. The van der Waals surface area contributed by atoms with Crippen molar-refractivity contribution in [2.45, 2.75) is 12.8 Å². The molecule has 1 aliphatic rings. The van der Waals surface area contributed by atoms with E-state index in [9.17, 15) is 9.59 Å². The van der Waals surface area contributed by atoms with Gasteiger partial charge in [0.25, 0.3) is 11.8 Å². The molecule has 0 spiro atoms. The van der Waals surface area contributed by atoms with Crippen LogP contribution in [0.25, 0.3) is 33.0 Å². The highest BCUT2D eigenvalue weighted by atomic mass is 16.2. The van der Waals surface area contributed by atoms with Crippen LogP contribution in [0.15, 0.2) is 96.4 Å². The van der Waals surface area contributed by atoms with E-state index in [1.165, 1.54) is 5.56 Å². The van der Waals surface area contributed by atoms with Gasteiger partial charge in [0.05, 0.1) is 11.1 Å². The summed E-state index contributed by atoms with van der Waals surface area (Å²) in [6.45, 7) is 0. The summed E-state index contributed by atoms with van der Waals surface area (Å²) in [6, 6.07) is 25.6. The molecule has 170 valence electrons. The molecule has 0 radical (unpaired) electrons. The maximum atomic E-state index is 13.7. The monoisotopic (exact) mass is 458 g/mol. The number of hydrazone groups is 1. The zero-order valence-corrected chi connectivity index (χ0v) is 18.9. The van der Waals surface area contributed by atoms with Gasteiger partial charge in [-0.25, -0.2) is 0 Å². The minimum atomic E-state index is -0.420. The molecule has 2 N–H and O–H groups in total. The molecule has 0 aliphatic carbocycles. The van der Waals surface area contributed by atoms with Crippen LogP contribution in [0.5, 0.6) is 0 Å². The van der Waals surface area contributed by atoms with E-state index in [4.69, 9.17) is 0 Å². The van der Waals surface area contributed by atoms with Crippen molar-refractivity contribution >= 4 is 51.0 Å². The summed E-state index contributed by atoms with van der Waals surface area (Å²) in [5.74, 6) is -0.841. The van der Waals surface area contributed by atoms with E-state index in [2.05, 4.69) is 15.1 Å². The Hall–Kier alpha value is -4.71. The zero-order valence-electron chi connectivity index (χ0n) is 18.9. The lowest BCUT2D eigenvalue weighted by atomic mass is 9.95. The Morgan fingerprint density at radius 1 is 0.686 bits per heavy atom. The molecule has 0 fully saturated rings. The lowest BCUT2D eigenvalue weighted by molar-refractivity contribution is -0.135. The molecule has 6 nitrogen and oxygen atoms in total. The van der Waals surface area contributed by atoms with E-state index in [-0.39, 0.29) is 0 Å². The number of aromatic amines is 2. The average molecular weight is 459 g/mol. The minimum Gasteiger partial charge on any atom is -0.361 e. The molecule has 2 amide bonds. The molecule has 0 bridgehead atoms. The second-order valence-corrected chi connectivity index (χ2v) is 8.49. The molecular formula is C29H22N4O2. The molecule has 35 heavy (non-hydrogen) atoms. The molecule has 0 saturated carbocycles. The van der Waals surface area contributed by atoms with Crippen molar-refractivity contribution in [3.8, 4) is 0 Å². The van der Waals surface area contributed by atoms with Crippen LogP contribution in [0.1, 0.15) is 23.1 Å². The third kappa shape index (κ3) is 3.56. The Morgan fingerprint density at radius 3 is 1.77 bits per heavy atom. The number of H-pyrrole nitrogens is 2. The van der Waals surface area contributed by atoms with Crippen LogP contribution in [0.3, 0.4) is 0 Å². The molecule has 0 saturated heterocycles. The van der Waals surface area contributed by atoms with Crippen molar-refractivity contribution in [2.75, 3.05) is 0 Å². The number of para-hydroxylation sites is 2. The number of aryl methyl sites for hydroxylation is 1. The van der Waals surface area contributed by atoms with Gasteiger partial charge in [0.15, 0.2) is 0 Å². The third-order valence-corrected chi connectivity index (χ3v) is 6.38. The fraction of sp³-hybridized carbons (Fsp3) is 0.0690. The summed E-state index contributed by atoms with van der Waals surface area (Å²) in [7, 11) is 0. The molecule has 0 unspecified atom stereocenters. The molecule has 5 aromatic rings. The summed E-state index contributed by atoms with van der Waals surface area (Å²) in [4.78, 5) is 33.8. The molecule has 6 rings (SSSR count). The molecule has 1 aliphatic heterocycles. The van der Waals surface area contributed by atoms with Crippen molar-refractivity contribution in [3.05, 3.63) is 108 Å². The van der Waals surface area contributed by atoms with Crippen molar-refractivity contribution in [1.82, 2.24) is 15.0 Å². The Kier molecular flexibility index (Phi) is 5.11. The number of hydrogen-bond donors (Lipinski definition) is 2. The van der Waals surface area contributed by atoms with Gasteiger partial charge in [-0.05, 0) is 30.5 Å². The predicted octanol–water partition coefficient (Wildman–Crippen LogP) is 5.55. The quantitative estimate of drug-likeness (QED) is 0.258. The van der Waals surface area contributed by atoms with E-state index in [1.807, 2.05) is 78.9 Å². The van der Waals surface area contributed by atoms with Crippen LogP contribution in [-0.4, -0.2) is 33.0 Å². The number of carbonyl (C=O) groups is 2. The number of nitrogens with zero attached hydrogens (tertiary/aromatic N) is 2. The maximum absolute atomic E-state index is 13.7. The summed E-state index contributed by atoms with van der Waals surface area (Å²) >= 11 is 0. The number of benzene rings is 3. The highest BCUT2D eigenvalue weighted by Crippen LogP contribution is 2.40. The number of aromatic nitrogens is 2. The third-order valence-electron chi connectivity index (χ3n) is 6.38. The largest absolute Gasteiger partial charge is 0.361 e. The number of hydrogen-bond acceptors (Lipinski definition) is 3. The zero-order chi connectivity index (χ0) is 23.8. The van der Waals surface area contributed by atoms with Gasteiger partial charge < -0.3 is 9.97 Å². The normalized spacial score (nSPS) is 14.3. The van der Waals surface area contributed by atoms with Gasteiger partial charge in [0.1, 0.15) is 0 Å². The van der Waals surface area contributed by atoms with Crippen molar-refractivity contribution in [2.24, 2.45) is 5.10 Å². The van der Waals surface area contributed by atoms with Crippen LogP contribution in [0, 0.1) is 0 Å². The number of rotatable bonds is 6. The minimum absolute atomic E-state index is 0.359. The smallest absolute Gasteiger partial charge is 0.283 e. The van der Waals surface area contributed by atoms with E-state index in [0.29, 0.717) is 28.7 Å². The fourth-order valence-electron chi connectivity index (χ4n) is 4.69. The van der Waals surface area contributed by atoms with Crippen LogP contribution in [0.4, 0.5) is 0 Å². The molecule has 3 heterocycles. The SMILES string of the molecule is O=C1C(c2c[nH]c3ccccc23)=C(c2c[nH]c3ccccc23)C(=O)N1/N=C/CCc1ccccc1. The second-order valence-electron chi connectivity index (χ2n) is 8.49. The summed E-state index contributed by atoms with van der Waals surface area (Å²) in [6.07, 6.45) is 6.63. The van der Waals surface area contributed by atoms with Gasteiger partial charge in [-0.15, -0.1) is 0 Å². The van der Waals surface area contributed by atoms with Crippen molar-refractivity contribution in [1.29, 1.82) is 0 Å². The topological polar surface area (TPSA) is 81.3 Å². The number of carbonyl (C=O) groups excluding carboxylic acids is 2. The van der Waals surface area contributed by atoms with E-state index < -0.39 is 11.8 Å². The van der Waals surface area contributed by atoms with Crippen molar-refractivity contribution < 1.29 is 9.59 Å². The second kappa shape index (κ2) is 8.57. The van der Waals surface area contributed by atoms with Crippen LogP contribution < -0.4 is 0 Å². The van der Waals surface area contributed by atoms with Gasteiger partial charge in [-0.2, -0.15) is 10.1 Å². The fourth-order valence-corrected chi connectivity index (χ4v) is 4.69. The van der Waals surface area contributed by atoms with Gasteiger partial charge >= 0.3 is 0 Å². The Balaban J connectivity index is 1.42. The maximum Gasteiger partial charge on any atom is 0.283 e. The van der Waals surface area contributed by atoms with Gasteiger partial charge in [0, 0.05) is 51.5 Å². The van der Waals surface area contributed by atoms with Crippen LogP contribution in [-0.2, 0) is 16.0 Å². The number of imide groups is 1. The van der Waals surface area contributed by atoms with Gasteiger partial charge in [-0.1, -0.05) is 66.7 Å². The molecular weight excluding hydrogens is 436 g/mol. The summed E-state index contributed by atoms with van der Waals surface area (Å²) in [5, 5.41) is 7.10. The Labute approximate surface area is 201 Å².